The largest absolute Gasteiger partial charge is 0.494 e. The summed E-state index contributed by atoms with van der Waals surface area (Å²) in [4.78, 5) is 14.7. The lowest BCUT2D eigenvalue weighted by Gasteiger charge is -2.32. The number of hydrogen-bond donors (Lipinski definition) is 0. The van der Waals surface area contributed by atoms with Crippen LogP contribution in [0.3, 0.4) is 0 Å². The van der Waals surface area contributed by atoms with Crippen LogP contribution in [0, 0.1) is 12.8 Å². The Hall–Kier alpha value is -2.30. The summed E-state index contributed by atoms with van der Waals surface area (Å²) in [6.07, 6.45) is 6.74. The fourth-order valence-corrected chi connectivity index (χ4v) is 4.97. The molecule has 4 rings (SSSR count). The minimum Gasteiger partial charge on any atom is -0.494 e. The highest BCUT2D eigenvalue weighted by Gasteiger charge is 2.19. The van der Waals surface area contributed by atoms with Gasteiger partial charge in [0.25, 0.3) is 0 Å². The lowest BCUT2D eigenvalue weighted by Crippen LogP contribution is -2.35. The number of ketones is 1. The van der Waals surface area contributed by atoms with Gasteiger partial charge in [-0.2, -0.15) is 0 Å². The van der Waals surface area contributed by atoms with E-state index in [1.165, 1.54) is 23.9 Å². The molecule has 0 saturated carbocycles. The van der Waals surface area contributed by atoms with Gasteiger partial charge in [-0.05, 0) is 94.9 Å². The molecule has 0 spiro atoms. The molecule has 1 aliphatic heterocycles. The van der Waals surface area contributed by atoms with Crippen molar-refractivity contribution in [2.45, 2.75) is 46.1 Å². The molecule has 0 radical (unpaired) electrons. The molecule has 0 N–H and O–H groups in total. The van der Waals surface area contributed by atoms with Crippen molar-refractivity contribution >= 4 is 28.3 Å². The number of hydrogen-bond acceptors (Lipinski definition) is 3. The zero-order chi connectivity index (χ0) is 22.5. The standard InChI is InChI=1S/C27H33ClN2O2/c1-20-5-3-6-25-26(21(2)31)19-30(27(20)25)15-4-14-29-16-11-22(12-17-29)13-18-32-24-9-7-23(28)8-10-24/h3,5-10,19,22H,4,11-18H2,1-2H3. The molecule has 1 fully saturated rings. The fourth-order valence-electron chi connectivity index (χ4n) is 4.84. The quantitative estimate of drug-likeness (QED) is 0.353. The van der Waals surface area contributed by atoms with Crippen LogP contribution in [-0.2, 0) is 6.54 Å². The average molecular weight is 453 g/mol. The first-order valence-corrected chi connectivity index (χ1v) is 12.1. The maximum absolute atomic E-state index is 12.1. The van der Waals surface area contributed by atoms with Gasteiger partial charge in [-0.25, -0.2) is 0 Å². The summed E-state index contributed by atoms with van der Waals surface area (Å²) in [5.41, 5.74) is 3.28. The number of piperidine rings is 1. The van der Waals surface area contributed by atoms with Gasteiger partial charge >= 0.3 is 0 Å². The number of nitrogens with zero attached hydrogens (tertiary/aromatic N) is 2. The number of benzene rings is 2. The van der Waals surface area contributed by atoms with Gasteiger partial charge in [0.2, 0.25) is 0 Å². The van der Waals surface area contributed by atoms with Crippen LogP contribution in [0.2, 0.25) is 5.02 Å². The van der Waals surface area contributed by atoms with E-state index in [-0.39, 0.29) is 5.78 Å². The van der Waals surface area contributed by atoms with Crippen molar-refractivity contribution in [2.24, 2.45) is 5.92 Å². The molecule has 3 aromatic rings. The molecule has 2 heterocycles. The molecule has 4 nitrogen and oxygen atoms in total. The van der Waals surface area contributed by atoms with Gasteiger partial charge in [0, 0.05) is 28.7 Å². The number of carbonyl (C=O) groups is 1. The van der Waals surface area contributed by atoms with E-state index >= 15 is 0 Å². The number of Topliss-reactive ketones (excluding diaryl/α,β-unsaturated/α-hetero) is 1. The highest BCUT2D eigenvalue weighted by Crippen LogP contribution is 2.26. The summed E-state index contributed by atoms with van der Waals surface area (Å²) >= 11 is 5.92. The predicted molar refractivity (Wildman–Crippen MR) is 132 cm³/mol. The number of fused-ring (bicyclic) bond motifs is 1. The molecule has 1 aromatic heterocycles. The van der Waals surface area contributed by atoms with Crippen LogP contribution in [0.4, 0.5) is 0 Å². The third kappa shape index (κ3) is 5.54. The normalized spacial score (nSPS) is 15.3. The Kier molecular flexibility index (Phi) is 7.54. The predicted octanol–water partition coefficient (Wildman–Crippen LogP) is 6.38. The third-order valence-corrected chi connectivity index (χ3v) is 6.92. The molecule has 5 heteroatoms. The lowest BCUT2D eigenvalue weighted by molar-refractivity contribution is 0.101. The Morgan fingerprint density at radius 3 is 2.56 bits per heavy atom. The number of halogens is 1. The highest BCUT2D eigenvalue weighted by atomic mass is 35.5. The summed E-state index contributed by atoms with van der Waals surface area (Å²) in [5, 5.41) is 1.82. The number of rotatable bonds is 9. The van der Waals surface area contributed by atoms with Crippen molar-refractivity contribution in [2.75, 3.05) is 26.2 Å². The molecular formula is C27H33ClN2O2. The van der Waals surface area contributed by atoms with Crippen LogP contribution >= 0.6 is 11.6 Å². The number of carbonyl (C=O) groups excluding carboxylic acids is 1. The zero-order valence-electron chi connectivity index (χ0n) is 19.1. The van der Waals surface area contributed by atoms with Crippen molar-refractivity contribution in [1.29, 1.82) is 0 Å². The third-order valence-electron chi connectivity index (χ3n) is 6.67. The molecule has 2 aromatic carbocycles. The first-order chi connectivity index (χ1) is 15.5. The van der Waals surface area contributed by atoms with Crippen molar-refractivity contribution in [1.82, 2.24) is 9.47 Å². The first-order valence-electron chi connectivity index (χ1n) is 11.7. The maximum atomic E-state index is 12.1. The molecule has 170 valence electrons. The minimum atomic E-state index is 0.140. The van der Waals surface area contributed by atoms with Crippen LogP contribution in [0.15, 0.2) is 48.7 Å². The van der Waals surface area contributed by atoms with E-state index in [0.717, 1.165) is 73.3 Å². The van der Waals surface area contributed by atoms with Gasteiger partial charge in [-0.3, -0.25) is 4.79 Å². The van der Waals surface area contributed by atoms with Crippen molar-refractivity contribution < 1.29 is 9.53 Å². The van der Waals surface area contributed by atoms with Crippen LogP contribution in [0.1, 0.15) is 48.5 Å². The number of aryl methyl sites for hydroxylation is 2. The molecule has 32 heavy (non-hydrogen) atoms. The van der Waals surface area contributed by atoms with Gasteiger partial charge in [-0.1, -0.05) is 29.8 Å². The summed E-state index contributed by atoms with van der Waals surface area (Å²) in [6.45, 7) is 8.94. The molecule has 1 aliphatic rings. The monoisotopic (exact) mass is 452 g/mol. The van der Waals surface area contributed by atoms with E-state index in [0.29, 0.717) is 0 Å². The zero-order valence-corrected chi connectivity index (χ0v) is 19.9. The topological polar surface area (TPSA) is 34.5 Å². The fraction of sp³-hybridized carbons (Fsp3) is 0.444. The van der Waals surface area contributed by atoms with E-state index < -0.39 is 0 Å². The van der Waals surface area contributed by atoms with Crippen molar-refractivity contribution in [3.05, 3.63) is 64.8 Å². The first kappa shape index (κ1) is 22.9. The number of aromatic nitrogens is 1. The second-order valence-corrected chi connectivity index (χ2v) is 9.43. The van der Waals surface area contributed by atoms with E-state index in [1.807, 2.05) is 36.5 Å². The Morgan fingerprint density at radius 1 is 1.09 bits per heavy atom. The number of likely N-dealkylation sites (tertiary alicyclic amines) is 1. The van der Waals surface area contributed by atoms with E-state index in [2.05, 4.69) is 28.5 Å². The molecular weight excluding hydrogens is 420 g/mol. The summed E-state index contributed by atoms with van der Waals surface area (Å²) < 4.78 is 8.15. The Bertz CT molecular complexity index is 1050. The van der Waals surface area contributed by atoms with Gasteiger partial charge in [0.1, 0.15) is 5.75 Å². The van der Waals surface area contributed by atoms with Crippen molar-refractivity contribution in [3.63, 3.8) is 0 Å². The van der Waals surface area contributed by atoms with Crippen LogP contribution < -0.4 is 4.74 Å². The van der Waals surface area contributed by atoms with Crippen LogP contribution in [-0.4, -0.2) is 41.5 Å². The van der Waals surface area contributed by atoms with Crippen LogP contribution in [0.5, 0.6) is 5.75 Å². The van der Waals surface area contributed by atoms with E-state index in [4.69, 9.17) is 16.3 Å². The second-order valence-electron chi connectivity index (χ2n) is 8.99. The molecule has 0 unspecified atom stereocenters. The highest BCUT2D eigenvalue weighted by molar-refractivity contribution is 6.30. The van der Waals surface area contributed by atoms with Crippen LogP contribution in [0.25, 0.3) is 10.9 Å². The summed E-state index contributed by atoms with van der Waals surface area (Å²) in [6, 6.07) is 13.8. The Labute approximate surface area is 196 Å². The van der Waals surface area contributed by atoms with E-state index in [9.17, 15) is 4.79 Å². The Balaban J connectivity index is 1.21. The maximum Gasteiger partial charge on any atom is 0.161 e. The van der Waals surface area contributed by atoms with Gasteiger partial charge in [0.15, 0.2) is 5.78 Å². The lowest BCUT2D eigenvalue weighted by atomic mass is 9.94. The molecule has 1 saturated heterocycles. The molecule has 0 bridgehead atoms. The van der Waals surface area contributed by atoms with Gasteiger partial charge < -0.3 is 14.2 Å². The van der Waals surface area contributed by atoms with Gasteiger partial charge in [-0.15, -0.1) is 0 Å². The van der Waals surface area contributed by atoms with Crippen molar-refractivity contribution in [3.8, 4) is 5.75 Å². The average Bonchev–Trinajstić information content (AvgIpc) is 3.16. The minimum absolute atomic E-state index is 0.140. The Morgan fingerprint density at radius 2 is 1.84 bits per heavy atom. The van der Waals surface area contributed by atoms with E-state index in [1.54, 1.807) is 6.92 Å². The second kappa shape index (κ2) is 10.5. The molecule has 0 amide bonds. The number of ether oxygens (including phenoxy) is 1. The summed E-state index contributed by atoms with van der Waals surface area (Å²) in [7, 11) is 0. The SMILES string of the molecule is CC(=O)c1cn(CCCN2CCC(CCOc3ccc(Cl)cc3)CC2)c2c(C)cccc12. The number of para-hydroxylation sites is 1. The summed E-state index contributed by atoms with van der Waals surface area (Å²) in [5.74, 6) is 1.78. The smallest absolute Gasteiger partial charge is 0.161 e. The van der Waals surface area contributed by atoms with Gasteiger partial charge in [0.05, 0.1) is 12.1 Å². The molecule has 0 atom stereocenters. The molecule has 0 aliphatic carbocycles.